The Morgan fingerprint density at radius 2 is 1.79 bits per heavy atom. The highest BCUT2D eigenvalue weighted by molar-refractivity contribution is 4.68. The summed E-state index contributed by atoms with van der Waals surface area (Å²) >= 11 is 0. The van der Waals surface area contributed by atoms with E-state index in [1.54, 1.807) is 14.2 Å². The number of rotatable bonds is 9. The Labute approximate surface area is 86.2 Å². The minimum Gasteiger partial charge on any atom is -0.394 e. The molecular formula is C10H22O4. The van der Waals surface area contributed by atoms with E-state index in [9.17, 15) is 0 Å². The lowest BCUT2D eigenvalue weighted by Gasteiger charge is -2.22. The van der Waals surface area contributed by atoms with E-state index in [0.29, 0.717) is 6.61 Å². The first-order chi connectivity index (χ1) is 6.79. The zero-order valence-electron chi connectivity index (χ0n) is 9.36. The minimum atomic E-state index is -0.304. The summed E-state index contributed by atoms with van der Waals surface area (Å²) in [4.78, 5) is 0. The SMILES string of the molecule is CCCCOC[C@H](OC)[C@H](CO)OC. The summed E-state index contributed by atoms with van der Waals surface area (Å²) in [5.41, 5.74) is 0. The Morgan fingerprint density at radius 1 is 1.14 bits per heavy atom. The molecule has 14 heavy (non-hydrogen) atoms. The van der Waals surface area contributed by atoms with E-state index in [1.807, 2.05) is 0 Å². The van der Waals surface area contributed by atoms with Gasteiger partial charge < -0.3 is 19.3 Å². The van der Waals surface area contributed by atoms with E-state index in [-0.39, 0.29) is 18.8 Å². The predicted molar refractivity (Wildman–Crippen MR) is 54.4 cm³/mol. The van der Waals surface area contributed by atoms with Crippen molar-refractivity contribution in [3.8, 4) is 0 Å². The van der Waals surface area contributed by atoms with E-state index in [0.717, 1.165) is 19.4 Å². The number of hydrogen-bond acceptors (Lipinski definition) is 4. The molecule has 0 bridgehead atoms. The molecule has 0 saturated carbocycles. The van der Waals surface area contributed by atoms with E-state index in [2.05, 4.69) is 6.92 Å². The molecule has 1 N–H and O–H groups in total. The van der Waals surface area contributed by atoms with Crippen LogP contribution in [0.1, 0.15) is 19.8 Å². The van der Waals surface area contributed by atoms with E-state index < -0.39 is 0 Å². The van der Waals surface area contributed by atoms with Crippen molar-refractivity contribution < 1.29 is 19.3 Å². The summed E-state index contributed by atoms with van der Waals surface area (Å²) in [6, 6.07) is 0. The van der Waals surface area contributed by atoms with Crippen molar-refractivity contribution in [1.29, 1.82) is 0 Å². The van der Waals surface area contributed by atoms with Crippen molar-refractivity contribution in [2.75, 3.05) is 34.0 Å². The lowest BCUT2D eigenvalue weighted by atomic mass is 10.2. The molecule has 0 aromatic rings. The van der Waals surface area contributed by atoms with Gasteiger partial charge in [-0.15, -0.1) is 0 Å². The van der Waals surface area contributed by atoms with Crippen LogP contribution in [0.3, 0.4) is 0 Å². The van der Waals surface area contributed by atoms with Crippen LogP contribution in [0.5, 0.6) is 0 Å². The second kappa shape index (κ2) is 9.40. The summed E-state index contributed by atoms with van der Waals surface area (Å²) in [5.74, 6) is 0. The highest BCUT2D eigenvalue weighted by Gasteiger charge is 2.19. The Morgan fingerprint density at radius 3 is 2.21 bits per heavy atom. The van der Waals surface area contributed by atoms with Gasteiger partial charge in [0.15, 0.2) is 0 Å². The number of methoxy groups -OCH3 is 2. The number of ether oxygens (including phenoxy) is 3. The minimum absolute atomic E-state index is 0.0495. The van der Waals surface area contributed by atoms with E-state index in [4.69, 9.17) is 19.3 Å². The zero-order valence-corrected chi connectivity index (χ0v) is 9.36. The van der Waals surface area contributed by atoms with Gasteiger partial charge in [0, 0.05) is 20.8 Å². The van der Waals surface area contributed by atoms with Gasteiger partial charge in [0.25, 0.3) is 0 Å². The maximum absolute atomic E-state index is 8.97. The van der Waals surface area contributed by atoms with Crippen LogP contribution in [0.4, 0.5) is 0 Å². The van der Waals surface area contributed by atoms with Gasteiger partial charge in [-0.2, -0.15) is 0 Å². The fourth-order valence-electron chi connectivity index (χ4n) is 1.12. The standard InChI is InChI=1S/C10H22O4/c1-4-5-6-14-8-10(13-3)9(7-11)12-2/h9-11H,4-8H2,1-3H3/t9-,10-/m0/s1. The molecule has 0 amide bonds. The maximum Gasteiger partial charge on any atom is 0.109 e. The first-order valence-electron chi connectivity index (χ1n) is 5.04. The molecule has 4 heteroatoms. The molecule has 0 spiro atoms. The number of aliphatic hydroxyl groups excluding tert-OH is 1. The average Bonchev–Trinajstić information content (AvgIpc) is 2.23. The lowest BCUT2D eigenvalue weighted by Crippen LogP contribution is -2.36. The van der Waals surface area contributed by atoms with Crippen molar-refractivity contribution in [1.82, 2.24) is 0 Å². The molecule has 0 aliphatic heterocycles. The fourth-order valence-corrected chi connectivity index (χ4v) is 1.12. The normalized spacial score (nSPS) is 15.4. The van der Waals surface area contributed by atoms with Gasteiger partial charge in [-0.3, -0.25) is 0 Å². The second-order valence-corrected chi connectivity index (χ2v) is 3.16. The van der Waals surface area contributed by atoms with Crippen LogP contribution in [0.15, 0.2) is 0 Å². The third-order valence-electron chi connectivity index (χ3n) is 2.12. The van der Waals surface area contributed by atoms with Gasteiger partial charge in [-0.25, -0.2) is 0 Å². The molecule has 0 aliphatic carbocycles. The summed E-state index contributed by atoms with van der Waals surface area (Å²) in [6.07, 6.45) is 1.67. The Bertz CT molecular complexity index is 115. The van der Waals surface area contributed by atoms with Crippen molar-refractivity contribution in [3.63, 3.8) is 0 Å². The van der Waals surface area contributed by atoms with E-state index >= 15 is 0 Å². The van der Waals surface area contributed by atoms with Gasteiger partial charge in [-0.05, 0) is 6.42 Å². The Hall–Kier alpha value is -0.160. The molecule has 0 heterocycles. The molecule has 2 atom stereocenters. The molecule has 0 fully saturated rings. The van der Waals surface area contributed by atoms with Gasteiger partial charge in [-0.1, -0.05) is 13.3 Å². The topological polar surface area (TPSA) is 47.9 Å². The Balaban J connectivity index is 3.65. The third kappa shape index (κ3) is 5.54. The third-order valence-corrected chi connectivity index (χ3v) is 2.12. The first-order valence-corrected chi connectivity index (χ1v) is 5.04. The van der Waals surface area contributed by atoms with Crippen LogP contribution in [-0.2, 0) is 14.2 Å². The van der Waals surface area contributed by atoms with E-state index in [1.165, 1.54) is 0 Å². The van der Waals surface area contributed by atoms with Crippen LogP contribution in [0.2, 0.25) is 0 Å². The summed E-state index contributed by atoms with van der Waals surface area (Å²) in [7, 11) is 3.15. The number of hydrogen-bond donors (Lipinski definition) is 1. The van der Waals surface area contributed by atoms with Gasteiger partial charge in [0.1, 0.15) is 12.2 Å². The second-order valence-electron chi connectivity index (χ2n) is 3.16. The molecule has 86 valence electrons. The van der Waals surface area contributed by atoms with Gasteiger partial charge in [0.2, 0.25) is 0 Å². The molecule has 0 rings (SSSR count). The van der Waals surface area contributed by atoms with Gasteiger partial charge in [0.05, 0.1) is 13.2 Å². The van der Waals surface area contributed by atoms with Crippen LogP contribution in [-0.4, -0.2) is 51.4 Å². The van der Waals surface area contributed by atoms with Gasteiger partial charge >= 0.3 is 0 Å². The van der Waals surface area contributed by atoms with Crippen LogP contribution < -0.4 is 0 Å². The zero-order chi connectivity index (χ0) is 10.8. The average molecular weight is 206 g/mol. The summed E-state index contributed by atoms with van der Waals surface area (Å²) in [5, 5.41) is 8.97. The molecule has 4 nitrogen and oxygen atoms in total. The lowest BCUT2D eigenvalue weighted by molar-refractivity contribution is -0.0919. The van der Waals surface area contributed by atoms with Crippen LogP contribution in [0.25, 0.3) is 0 Å². The van der Waals surface area contributed by atoms with Crippen molar-refractivity contribution in [2.24, 2.45) is 0 Å². The Kier molecular flexibility index (Phi) is 9.29. The largest absolute Gasteiger partial charge is 0.394 e. The number of aliphatic hydroxyl groups is 1. The van der Waals surface area contributed by atoms with Crippen molar-refractivity contribution >= 4 is 0 Å². The molecule has 0 saturated heterocycles. The summed E-state index contributed by atoms with van der Waals surface area (Å²) in [6.45, 7) is 3.27. The van der Waals surface area contributed by atoms with Crippen LogP contribution in [0, 0.1) is 0 Å². The maximum atomic E-state index is 8.97. The quantitative estimate of drug-likeness (QED) is 0.568. The van der Waals surface area contributed by atoms with Crippen molar-refractivity contribution in [2.45, 2.75) is 32.0 Å². The molecule has 0 aromatic heterocycles. The first kappa shape index (κ1) is 13.8. The summed E-state index contributed by atoms with van der Waals surface area (Å²) < 4.78 is 15.6. The number of unbranched alkanes of at least 4 members (excludes halogenated alkanes) is 1. The van der Waals surface area contributed by atoms with Crippen LogP contribution >= 0.6 is 0 Å². The fraction of sp³-hybridized carbons (Fsp3) is 1.00. The molecular weight excluding hydrogens is 184 g/mol. The smallest absolute Gasteiger partial charge is 0.109 e. The highest BCUT2D eigenvalue weighted by Crippen LogP contribution is 2.03. The predicted octanol–water partition coefficient (Wildman–Crippen LogP) is 0.825. The monoisotopic (exact) mass is 206 g/mol. The molecule has 0 unspecified atom stereocenters. The highest BCUT2D eigenvalue weighted by atomic mass is 16.6. The molecule has 0 radical (unpaired) electrons. The van der Waals surface area contributed by atoms with Crippen molar-refractivity contribution in [3.05, 3.63) is 0 Å². The molecule has 0 aliphatic rings. The molecule has 0 aromatic carbocycles.